The minimum absolute atomic E-state index is 0.315. The summed E-state index contributed by atoms with van der Waals surface area (Å²) in [5, 5.41) is 13.5. The predicted octanol–water partition coefficient (Wildman–Crippen LogP) is 3.23. The quantitative estimate of drug-likeness (QED) is 0.622. The third kappa shape index (κ3) is 14.4. The zero-order chi connectivity index (χ0) is 21.8. The van der Waals surface area contributed by atoms with Crippen molar-refractivity contribution in [3.8, 4) is 0 Å². The average molecular weight is 394 g/mol. The molecule has 4 N–H and O–H groups in total. The lowest BCUT2D eigenvalue weighted by Crippen LogP contribution is -2.46. The Morgan fingerprint density at radius 1 is 1.21 bits per heavy atom. The average Bonchev–Trinajstić information content (AvgIpc) is 2.72. The van der Waals surface area contributed by atoms with E-state index in [1.54, 1.807) is 6.08 Å². The van der Waals surface area contributed by atoms with E-state index < -0.39 is 6.10 Å². The fourth-order valence-electron chi connectivity index (χ4n) is 2.79. The topological polar surface area (TPSA) is 78.6 Å². The molecule has 5 heteroatoms. The number of hydrogen-bond acceptors (Lipinski definition) is 4. The second kappa shape index (κ2) is 20.1. The number of amides is 1. The molecular formula is C23H43N3O2. The minimum Gasteiger partial charge on any atom is -0.392 e. The van der Waals surface area contributed by atoms with Crippen LogP contribution in [-0.2, 0) is 11.2 Å². The fourth-order valence-corrected chi connectivity index (χ4v) is 2.79. The maximum atomic E-state index is 11.6. The molecular weight excluding hydrogens is 350 g/mol. The Bertz CT molecular complexity index is 474. The Morgan fingerprint density at radius 2 is 1.71 bits per heavy atom. The number of β-amino-alcohol motifs (C(OH)–C–C–N with tert-alkyl or cyclic N) is 1. The number of nitrogens with zero attached hydrogens (tertiary/aromatic N) is 1. The molecule has 0 bridgehead atoms. The standard InChI is InChI=1S/C16H25N3O2.C3H6.2C2H6/c17-16(21)14(10-13-4-2-1-3-5-13)11-15(20)12-19-8-6-18-7-9-19;1-3-2;2*1-2/h1-5,14-15,18,20H,6-12H2,(H2,17,21);3H,1H2,2H3;2*1-2H3/t14-,15?;;;/m1.../s1. The first-order chi connectivity index (χ1) is 13.6. The van der Waals surface area contributed by atoms with Gasteiger partial charge in [0.05, 0.1) is 6.10 Å². The smallest absolute Gasteiger partial charge is 0.220 e. The van der Waals surface area contributed by atoms with Gasteiger partial charge in [-0.25, -0.2) is 0 Å². The SMILES string of the molecule is C=CC.CC.CC.NC(=O)[C@H](Cc1ccccc1)CC(O)CN1CCNCC1. The molecule has 0 spiro atoms. The number of aliphatic hydroxyl groups is 1. The minimum atomic E-state index is -0.510. The third-order valence-electron chi connectivity index (χ3n) is 3.96. The van der Waals surface area contributed by atoms with E-state index in [4.69, 9.17) is 5.73 Å². The Balaban J connectivity index is 0. The molecule has 0 saturated carbocycles. The van der Waals surface area contributed by atoms with Gasteiger partial charge in [-0.15, -0.1) is 6.58 Å². The molecule has 2 atom stereocenters. The van der Waals surface area contributed by atoms with Gasteiger partial charge in [0.2, 0.25) is 5.91 Å². The summed E-state index contributed by atoms with van der Waals surface area (Å²) in [6, 6.07) is 9.81. The number of nitrogens with two attached hydrogens (primary N) is 1. The van der Waals surface area contributed by atoms with E-state index in [0.29, 0.717) is 19.4 Å². The van der Waals surface area contributed by atoms with E-state index in [1.165, 1.54) is 0 Å². The third-order valence-corrected chi connectivity index (χ3v) is 3.96. The zero-order valence-electron chi connectivity index (χ0n) is 18.7. The van der Waals surface area contributed by atoms with E-state index >= 15 is 0 Å². The van der Waals surface area contributed by atoms with Gasteiger partial charge >= 0.3 is 0 Å². The van der Waals surface area contributed by atoms with Gasteiger partial charge in [0.1, 0.15) is 0 Å². The van der Waals surface area contributed by atoms with Crippen molar-refractivity contribution in [1.29, 1.82) is 0 Å². The number of benzene rings is 1. The number of carbonyl (C=O) groups excluding carboxylic acids is 1. The highest BCUT2D eigenvalue weighted by Crippen LogP contribution is 2.15. The summed E-state index contributed by atoms with van der Waals surface area (Å²) >= 11 is 0. The largest absolute Gasteiger partial charge is 0.392 e. The number of carbonyl (C=O) groups is 1. The monoisotopic (exact) mass is 393 g/mol. The number of allylic oxidation sites excluding steroid dienone is 1. The van der Waals surface area contributed by atoms with Crippen LogP contribution in [0, 0.1) is 5.92 Å². The van der Waals surface area contributed by atoms with E-state index in [1.807, 2.05) is 65.0 Å². The van der Waals surface area contributed by atoms with Crippen LogP contribution in [0.4, 0.5) is 0 Å². The summed E-state index contributed by atoms with van der Waals surface area (Å²) in [7, 11) is 0. The van der Waals surface area contributed by atoms with Gasteiger partial charge in [0.25, 0.3) is 0 Å². The van der Waals surface area contributed by atoms with Crippen LogP contribution in [0.1, 0.15) is 46.6 Å². The summed E-state index contributed by atoms with van der Waals surface area (Å²) in [6.45, 7) is 17.7. The molecule has 1 aromatic carbocycles. The van der Waals surface area contributed by atoms with Crippen LogP contribution in [0.15, 0.2) is 43.0 Å². The Labute approximate surface area is 173 Å². The molecule has 5 nitrogen and oxygen atoms in total. The normalized spacial score (nSPS) is 15.2. The summed E-state index contributed by atoms with van der Waals surface area (Å²) in [5.41, 5.74) is 6.57. The van der Waals surface area contributed by atoms with Crippen LogP contribution >= 0.6 is 0 Å². The summed E-state index contributed by atoms with van der Waals surface area (Å²) in [4.78, 5) is 13.8. The first-order valence-corrected chi connectivity index (χ1v) is 10.6. The van der Waals surface area contributed by atoms with Crippen molar-refractivity contribution in [1.82, 2.24) is 10.2 Å². The summed E-state index contributed by atoms with van der Waals surface area (Å²) < 4.78 is 0. The molecule has 2 rings (SSSR count). The number of rotatable bonds is 7. The highest BCUT2D eigenvalue weighted by molar-refractivity contribution is 5.77. The zero-order valence-corrected chi connectivity index (χ0v) is 18.7. The first kappa shape index (κ1) is 28.5. The number of nitrogens with one attached hydrogen (secondary N) is 1. The maximum absolute atomic E-state index is 11.6. The van der Waals surface area contributed by atoms with Crippen molar-refractivity contribution in [2.24, 2.45) is 11.7 Å². The van der Waals surface area contributed by atoms with Crippen LogP contribution in [0.2, 0.25) is 0 Å². The molecule has 1 heterocycles. The maximum Gasteiger partial charge on any atom is 0.220 e. The molecule has 162 valence electrons. The van der Waals surface area contributed by atoms with Crippen molar-refractivity contribution in [2.45, 2.75) is 53.6 Å². The summed E-state index contributed by atoms with van der Waals surface area (Å²) in [6.07, 6.45) is 2.26. The Hall–Kier alpha value is -1.69. The second-order valence-electron chi connectivity index (χ2n) is 6.14. The van der Waals surface area contributed by atoms with E-state index in [9.17, 15) is 9.90 Å². The molecule has 1 saturated heterocycles. The van der Waals surface area contributed by atoms with Crippen LogP contribution in [0.3, 0.4) is 0 Å². The first-order valence-electron chi connectivity index (χ1n) is 10.6. The summed E-state index contributed by atoms with van der Waals surface area (Å²) in [5.74, 6) is -0.650. The van der Waals surface area contributed by atoms with E-state index in [2.05, 4.69) is 16.8 Å². The van der Waals surface area contributed by atoms with E-state index in [-0.39, 0.29) is 11.8 Å². The van der Waals surface area contributed by atoms with Crippen molar-refractivity contribution in [3.05, 3.63) is 48.6 Å². The van der Waals surface area contributed by atoms with Gasteiger partial charge in [0, 0.05) is 38.6 Å². The number of aliphatic hydroxyl groups excluding tert-OH is 1. The van der Waals surface area contributed by atoms with E-state index in [0.717, 1.165) is 31.7 Å². The molecule has 1 unspecified atom stereocenters. The fraction of sp³-hybridized carbons (Fsp3) is 0.609. The van der Waals surface area contributed by atoms with Crippen molar-refractivity contribution < 1.29 is 9.90 Å². The van der Waals surface area contributed by atoms with Crippen LogP contribution < -0.4 is 11.1 Å². The number of primary amides is 1. The van der Waals surface area contributed by atoms with Gasteiger partial charge < -0.3 is 16.2 Å². The molecule has 0 radical (unpaired) electrons. The highest BCUT2D eigenvalue weighted by Gasteiger charge is 2.22. The van der Waals surface area contributed by atoms with Gasteiger partial charge in [-0.2, -0.15) is 0 Å². The molecule has 1 amide bonds. The highest BCUT2D eigenvalue weighted by atomic mass is 16.3. The van der Waals surface area contributed by atoms with Gasteiger partial charge in [-0.3, -0.25) is 9.69 Å². The number of hydrogen-bond donors (Lipinski definition) is 3. The molecule has 0 aliphatic carbocycles. The van der Waals surface area contributed by atoms with Gasteiger partial charge in [-0.1, -0.05) is 64.1 Å². The van der Waals surface area contributed by atoms with Crippen LogP contribution in [-0.4, -0.2) is 54.7 Å². The molecule has 1 fully saturated rings. The van der Waals surface area contributed by atoms with Crippen molar-refractivity contribution in [2.75, 3.05) is 32.7 Å². The molecule has 0 aromatic heterocycles. The molecule has 1 aliphatic rings. The molecule has 1 aliphatic heterocycles. The Morgan fingerprint density at radius 3 is 2.18 bits per heavy atom. The van der Waals surface area contributed by atoms with Gasteiger partial charge in [-0.05, 0) is 25.3 Å². The van der Waals surface area contributed by atoms with Crippen LogP contribution in [0.5, 0.6) is 0 Å². The second-order valence-corrected chi connectivity index (χ2v) is 6.14. The Kier molecular flexibility index (Phi) is 20.4. The predicted molar refractivity (Wildman–Crippen MR) is 121 cm³/mol. The van der Waals surface area contributed by atoms with Crippen molar-refractivity contribution >= 4 is 5.91 Å². The lowest BCUT2D eigenvalue weighted by Gasteiger charge is -2.30. The van der Waals surface area contributed by atoms with Gasteiger partial charge in [0.15, 0.2) is 0 Å². The van der Waals surface area contributed by atoms with Crippen LogP contribution in [0.25, 0.3) is 0 Å². The molecule has 28 heavy (non-hydrogen) atoms. The molecule has 1 aromatic rings. The number of piperazine rings is 1. The lowest BCUT2D eigenvalue weighted by atomic mass is 9.93. The van der Waals surface area contributed by atoms with Crippen molar-refractivity contribution in [3.63, 3.8) is 0 Å². The lowest BCUT2D eigenvalue weighted by molar-refractivity contribution is -0.122.